The molecule has 1 heterocycles. The summed E-state index contributed by atoms with van der Waals surface area (Å²) < 4.78 is 0. The van der Waals surface area contributed by atoms with E-state index in [0.717, 1.165) is 24.1 Å². The zero-order valence-corrected chi connectivity index (χ0v) is 14.9. The summed E-state index contributed by atoms with van der Waals surface area (Å²) >= 11 is 0. The highest BCUT2D eigenvalue weighted by molar-refractivity contribution is 5.49. The second-order valence-corrected chi connectivity index (χ2v) is 7.08. The number of benzene rings is 3. The van der Waals surface area contributed by atoms with Crippen molar-refractivity contribution in [2.24, 2.45) is 0 Å². The van der Waals surface area contributed by atoms with Gasteiger partial charge in [0.15, 0.2) is 11.5 Å². The molecule has 3 nitrogen and oxygen atoms in total. The number of phenols is 2. The normalized spacial score (nSPS) is 17.5. The third kappa shape index (κ3) is 2.95. The first-order valence-electron chi connectivity index (χ1n) is 9.13. The van der Waals surface area contributed by atoms with E-state index in [1.807, 2.05) is 6.07 Å². The Morgan fingerprint density at radius 1 is 0.923 bits per heavy atom. The third-order valence-corrected chi connectivity index (χ3v) is 5.47. The minimum absolute atomic E-state index is 0.0310. The fraction of sp³-hybridized carbons (Fsp3) is 0.217. The number of quaternary nitrogens is 1. The topological polar surface area (TPSA) is 57.1 Å². The van der Waals surface area contributed by atoms with Crippen molar-refractivity contribution >= 4 is 0 Å². The van der Waals surface area contributed by atoms with Crippen LogP contribution in [-0.4, -0.2) is 16.8 Å². The molecule has 0 radical (unpaired) electrons. The molecule has 0 aromatic heterocycles. The average Bonchev–Trinajstić information content (AvgIpc) is 2.66. The van der Waals surface area contributed by atoms with Crippen LogP contribution in [0.15, 0.2) is 66.7 Å². The van der Waals surface area contributed by atoms with Gasteiger partial charge >= 0.3 is 0 Å². The molecule has 0 unspecified atom stereocenters. The summed E-state index contributed by atoms with van der Waals surface area (Å²) in [5.74, 6) is 0.109. The quantitative estimate of drug-likeness (QED) is 0.637. The van der Waals surface area contributed by atoms with Crippen molar-refractivity contribution in [2.45, 2.75) is 25.3 Å². The zero-order chi connectivity index (χ0) is 18.1. The molecule has 1 aliphatic rings. The van der Waals surface area contributed by atoms with Gasteiger partial charge in [-0.05, 0) is 41.3 Å². The van der Waals surface area contributed by atoms with E-state index < -0.39 is 0 Å². The molecule has 0 saturated carbocycles. The number of hydrogen-bond acceptors (Lipinski definition) is 2. The Balaban J connectivity index is 1.89. The fourth-order valence-electron chi connectivity index (χ4n) is 4.20. The van der Waals surface area contributed by atoms with Crippen LogP contribution in [0.3, 0.4) is 0 Å². The summed E-state index contributed by atoms with van der Waals surface area (Å²) in [7, 11) is 0. The van der Waals surface area contributed by atoms with E-state index in [1.54, 1.807) is 12.1 Å². The van der Waals surface area contributed by atoms with Gasteiger partial charge < -0.3 is 15.5 Å². The van der Waals surface area contributed by atoms with Crippen molar-refractivity contribution in [2.75, 3.05) is 6.54 Å². The largest absolute Gasteiger partial charge is 0.504 e. The van der Waals surface area contributed by atoms with Gasteiger partial charge in [0.05, 0.1) is 12.5 Å². The molecule has 1 aliphatic heterocycles. The van der Waals surface area contributed by atoms with Crippen LogP contribution in [0.25, 0.3) is 0 Å². The molecule has 0 saturated heterocycles. The maximum Gasteiger partial charge on any atom is 0.157 e. The maximum atomic E-state index is 10.1. The molecule has 3 aromatic rings. The van der Waals surface area contributed by atoms with E-state index in [-0.39, 0.29) is 23.5 Å². The van der Waals surface area contributed by atoms with Gasteiger partial charge in [-0.15, -0.1) is 0 Å². The van der Waals surface area contributed by atoms with E-state index >= 15 is 0 Å². The average molecular weight is 346 g/mol. The summed E-state index contributed by atoms with van der Waals surface area (Å²) in [6, 6.07) is 22.7. The number of hydrogen-bond donors (Lipinski definition) is 3. The lowest BCUT2D eigenvalue weighted by Crippen LogP contribution is -2.88. The molecule has 3 aromatic carbocycles. The van der Waals surface area contributed by atoms with Gasteiger partial charge in [0.2, 0.25) is 0 Å². The number of fused-ring (bicyclic) bond motifs is 1. The summed E-state index contributed by atoms with van der Waals surface area (Å²) in [5, 5.41) is 22.4. The summed E-state index contributed by atoms with van der Waals surface area (Å²) in [4.78, 5) is 0. The van der Waals surface area contributed by atoms with Crippen LogP contribution in [-0.2, 0) is 6.42 Å². The lowest BCUT2D eigenvalue weighted by molar-refractivity contribution is -0.701. The lowest BCUT2D eigenvalue weighted by atomic mass is 9.77. The van der Waals surface area contributed by atoms with Gasteiger partial charge in [0.1, 0.15) is 6.04 Å². The van der Waals surface area contributed by atoms with Crippen molar-refractivity contribution in [3.8, 4) is 11.5 Å². The van der Waals surface area contributed by atoms with Gasteiger partial charge in [0, 0.05) is 12.0 Å². The van der Waals surface area contributed by atoms with Crippen LogP contribution in [0.4, 0.5) is 0 Å². The van der Waals surface area contributed by atoms with Gasteiger partial charge in [-0.25, -0.2) is 0 Å². The van der Waals surface area contributed by atoms with Gasteiger partial charge in [-0.2, -0.15) is 0 Å². The Morgan fingerprint density at radius 2 is 1.62 bits per heavy atom. The summed E-state index contributed by atoms with van der Waals surface area (Å²) in [6.45, 7) is 3.13. The van der Waals surface area contributed by atoms with E-state index in [0.29, 0.717) is 0 Å². The lowest BCUT2D eigenvalue weighted by Gasteiger charge is -2.32. The molecule has 0 fully saturated rings. The minimum Gasteiger partial charge on any atom is -0.504 e. The molecule has 0 spiro atoms. The van der Waals surface area contributed by atoms with E-state index in [9.17, 15) is 10.2 Å². The Kier molecular flexibility index (Phi) is 4.39. The SMILES string of the molecule is Cc1ccccc1[C@H](c1ccccc1)[C@H]1[NH2+]CCc2cc(O)c(O)cc21. The Hall–Kier alpha value is -2.78. The van der Waals surface area contributed by atoms with Crippen LogP contribution in [0.5, 0.6) is 11.5 Å². The van der Waals surface area contributed by atoms with Crippen molar-refractivity contribution < 1.29 is 15.5 Å². The molecule has 3 heteroatoms. The van der Waals surface area contributed by atoms with Crippen molar-refractivity contribution in [3.05, 3.63) is 94.5 Å². The predicted octanol–water partition coefficient (Wildman–Crippen LogP) is 3.40. The number of nitrogens with two attached hydrogens (primary N) is 1. The van der Waals surface area contributed by atoms with E-state index in [1.165, 1.54) is 16.7 Å². The molecule has 26 heavy (non-hydrogen) atoms. The second kappa shape index (κ2) is 6.85. The molecular formula is C23H24NO2+. The number of rotatable bonds is 3. The van der Waals surface area contributed by atoms with Crippen molar-refractivity contribution in [1.82, 2.24) is 0 Å². The van der Waals surface area contributed by atoms with Crippen LogP contribution >= 0.6 is 0 Å². The third-order valence-electron chi connectivity index (χ3n) is 5.47. The molecule has 0 aliphatic carbocycles. The van der Waals surface area contributed by atoms with Gasteiger partial charge in [-0.1, -0.05) is 54.6 Å². The fourth-order valence-corrected chi connectivity index (χ4v) is 4.20. The maximum absolute atomic E-state index is 10.1. The Morgan fingerprint density at radius 3 is 2.38 bits per heavy atom. The molecule has 4 N–H and O–H groups in total. The molecule has 2 atom stereocenters. The van der Waals surface area contributed by atoms with Crippen LogP contribution in [0, 0.1) is 6.92 Å². The highest BCUT2D eigenvalue weighted by atomic mass is 16.3. The van der Waals surface area contributed by atoms with E-state index in [4.69, 9.17) is 0 Å². The molecule has 132 valence electrons. The van der Waals surface area contributed by atoms with Gasteiger partial charge in [-0.3, -0.25) is 0 Å². The first kappa shape index (κ1) is 16.7. The van der Waals surface area contributed by atoms with E-state index in [2.05, 4.69) is 60.8 Å². The molecule has 0 amide bonds. The highest BCUT2D eigenvalue weighted by Gasteiger charge is 2.34. The van der Waals surface area contributed by atoms with Crippen LogP contribution in [0.2, 0.25) is 0 Å². The van der Waals surface area contributed by atoms with Crippen molar-refractivity contribution in [1.29, 1.82) is 0 Å². The standard InChI is InChI=1S/C23H23NO2/c1-15-7-5-6-10-18(15)22(16-8-3-2-4-9-16)23-19-14-21(26)20(25)13-17(19)11-12-24-23/h2-10,13-14,22-26H,11-12H2,1H3/p+1/t22-,23-/m0/s1. The number of aromatic hydroxyl groups is 2. The second-order valence-electron chi connectivity index (χ2n) is 7.08. The van der Waals surface area contributed by atoms with Crippen molar-refractivity contribution in [3.63, 3.8) is 0 Å². The highest BCUT2D eigenvalue weighted by Crippen LogP contribution is 2.41. The molecule has 4 rings (SSSR count). The number of phenolic OH excluding ortho intramolecular Hbond substituents is 2. The van der Waals surface area contributed by atoms with Gasteiger partial charge in [0.25, 0.3) is 0 Å². The van der Waals surface area contributed by atoms with Crippen LogP contribution < -0.4 is 5.32 Å². The minimum atomic E-state index is -0.0411. The Bertz CT molecular complexity index is 921. The van der Waals surface area contributed by atoms with Crippen LogP contribution in [0.1, 0.15) is 39.8 Å². The molecule has 0 bridgehead atoms. The number of aryl methyl sites for hydroxylation is 1. The smallest absolute Gasteiger partial charge is 0.157 e. The predicted molar refractivity (Wildman–Crippen MR) is 102 cm³/mol. The monoisotopic (exact) mass is 346 g/mol. The molecular weight excluding hydrogens is 322 g/mol. The first-order valence-corrected chi connectivity index (χ1v) is 9.13. The first-order chi connectivity index (χ1) is 12.6. The summed E-state index contributed by atoms with van der Waals surface area (Å²) in [6.07, 6.45) is 0.898. The Labute approximate surface area is 154 Å². The zero-order valence-electron chi connectivity index (χ0n) is 14.9. The summed E-state index contributed by atoms with van der Waals surface area (Å²) in [5.41, 5.74) is 6.08.